The number of anilines is 1. The van der Waals surface area contributed by atoms with Crippen molar-refractivity contribution in [2.24, 2.45) is 5.92 Å². The van der Waals surface area contributed by atoms with E-state index in [1.54, 1.807) is 0 Å². The van der Waals surface area contributed by atoms with Gasteiger partial charge in [-0.15, -0.1) is 5.10 Å². The Kier molecular flexibility index (Phi) is 6.02. The molecule has 0 atom stereocenters. The van der Waals surface area contributed by atoms with Crippen molar-refractivity contribution in [2.75, 3.05) is 17.6 Å². The molecule has 0 aliphatic heterocycles. The first-order valence-corrected chi connectivity index (χ1v) is 7.29. The van der Waals surface area contributed by atoms with Gasteiger partial charge in [0.2, 0.25) is 0 Å². The number of aromatic nitrogens is 2. The molecule has 0 aliphatic carbocycles. The molecule has 0 bridgehead atoms. The zero-order chi connectivity index (χ0) is 11.1. The average Bonchev–Trinajstić information content (AvgIpc) is 2.61. The lowest BCUT2D eigenvalue weighted by atomic mass is 10.2. The molecule has 0 aliphatic rings. The first-order chi connectivity index (χ1) is 7.24. The fourth-order valence-electron chi connectivity index (χ4n) is 1.09. The fourth-order valence-corrected chi connectivity index (χ4v) is 3.00. The number of hydrogen-bond donors (Lipinski definition) is 1. The van der Waals surface area contributed by atoms with Gasteiger partial charge in [-0.05, 0) is 25.0 Å². The van der Waals surface area contributed by atoms with Gasteiger partial charge in [0.15, 0.2) is 0 Å². The predicted octanol–water partition coefficient (Wildman–Crippen LogP) is 3.25. The van der Waals surface area contributed by atoms with E-state index in [1.165, 1.54) is 23.7 Å². The van der Waals surface area contributed by atoms with Gasteiger partial charge < -0.3 is 5.32 Å². The second-order valence-corrected chi connectivity index (χ2v) is 5.67. The SMILES string of the molecule is CCNc1snnc1CSCCC(C)C. The molecule has 1 N–H and O–H groups in total. The third-order valence-corrected chi connectivity index (χ3v) is 3.70. The van der Waals surface area contributed by atoms with Crippen LogP contribution in [0.4, 0.5) is 5.00 Å². The Labute approximate surface area is 100 Å². The van der Waals surface area contributed by atoms with Gasteiger partial charge in [0.1, 0.15) is 10.7 Å². The van der Waals surface area contributed by atoms with Crippen molar-refractivity contribution in [3.05, 3.63) is 5.69 Å². The average molecular weight is 245 g/mol. The molecule has 5 heteroatoms. The molecule has 0 unspecified atom stereocenters. The molecule has 0 radical (unpaired) electrons. The minimum atomic E-state index is 0.791. The first-order valence-electron chi connectivity index (χ1n) is 5.36. The molecular formula is C10H19N3S2. The lowest BCUT2D eigenvalue weighted by Gasteiger charge is -2.04. The van der Waals surface area contributed by atoms with Crippen LogP contribution >= 0.6 is 23.3 Å². The molecule has 0 saturated heterocycles. The topological polar surface area (TPSA) is 37.8 Å². The highest BCUT2D eigenvalue weighted by Gasteiger charge is 2.06. The van der Waals surface area contributed by atoms with E-state index >= 15 is 0 Å². The quantitative estimate of drug-likeness (QED) is 0.748. The van der Waals surface area contributed by atoms with Gasteiger partial charge in [0.05, 0.1) is 0 Å². The van der Waals surface area contributed by atoms with Gasteiger partial charge in [-0.25, -0.2) is 0 Å². The maximum absolute atomic E-state index is 4.14. The third-order valence-electron chi connectivity index (χ3n) is 1.97. The monoisotopic (exact) mass is 245 g/mol. The van der Waals surface area contributed by atoms with Crippen molar-refractivity contribution in [1.82, 2.24) is 9.59 Å². The van der Waals surface area contributed by atoms with Crippen LogP contribution in [-0.4, -0.2) is 21.9 Å². The zero-order valence-corrected chi connectivity index (χ0v) is 11.2. The van der Waals surface area contributed by atoms with E-state index in [0.29, 0.717) is 0 Å². The lowest BCUT2D eigenvalue weighted by Crippen LogP contribution is -1.98. The molecule has 1 rings (SSSR count). The molecule has 0 amide bonds. The van der Waals surface area contributed by atoms with Crippen molar-refractivity contribution in [1.29, 1.82) is 0 Å². The standard InChI is InChI=1S/C10H19N3S2/c1-4-11-10-9(12-13-15-10)7-14-6-5-8(2)3/h8,11H,4-7H2,1-3H3. The Morgan fingerprint density at radius 2 is 2.27 bits per heavy atom. The second-order valence-electron chi connectivity index (χ2n) is 3.81. The summed E-state index contributed by atoms with van der Waals surface area (Å²) in [5.74, 6) is 2.98. The first kappa shape index (κ1) is 12.8. The van der Waals surface area contributed by atoms with E-state index in [4.69, 9.17) is 0 Å². The molecule has 1 aromatic rings. The van der Waals surface area contributed by atoms with Crippen LogP contribution in [0.5, 0.6) is 0 Å². The highest BCUT2D eigenvalue weighted by molar-refractivity contribution is 7.98. The van der Waals surface area contributed by atoms with Crippen LogP contribution in [0.3, 0.4) is 0 Å². The van der Waals surface area contributed by atoms with E-state index in [1.807, 2.05) is 11.8 Å². The predicted molar refractivity (Wildman–Crippen MR) is 69.7 cm³/mol. The molecule has 0 saturated carbocycles. The normalized spacial score (nSPS) is 10.9. The maximum atomic E-state index is 4.14. The largest absolute Gasteiger partial charge is 0.374 e. The minimum absolute atomic E-state index is 0.791. The Hall–Kier alpha value is -0.290. The summed E-state index contributed by atoms with van der Waals surface area (Å²) in [6.07, 6.45) is 1.28. The van der Waals surface area contributed by atoms with Gasteiger partial charge >= 0.3 is 0 Å². The van der Waals surface area contributed by atoms with Crippen LogP contribution in [-0.2, 0) is 5.75 Å². The number of nitrogens with zero attached hydrogens (tertiary/aromatic N) is 2. The summed E-state index contributed by atoms with van der Waals surface area (Å²) in [5.41, 5.74) is 1.11. The summed E-state index contributed by atoms with van der Waals surface area (Å²) in [7, 11) is 0. The molecule has 15 heavy (non-hydrogen) atoms. The van der Waals surface area contributed by atoms with E-state index in [2.05, 4.69) is 35.7 Å². The highest BCUT2D eigenvalue weighted by Crippen LogP contribution is 2.23. The van der Waals surface area contributed by atoms with Gasteiger partial charge in [-0.2, -0.15) is 11.8 Å². The van der Waals surface area contributed by atoms with Crippen molar-refractivity contribution < 1.29 is 0 Å². The van der Waals surface area contributed by atoms with Crippen LogP contribution in [0.15, 0.2) is 0 Å². The summed E-state index contributed by atoms with van der Waals surface area (Å²) in [6, 6.07) is 0. The summed E-state index contributed by atoms with van der Waals surface area (Å²) in [4.78, 5) is 0. The molecule has 86 valence electrons. The minimum Gasteiger partial charge on any atom is -0.374 e. The molecular weight excluding hydrogens is 226 g/mol. The van der Waals surface area contributed by atoms with Gasteiger partial charge in [-0.1, -0.05) is 18.3 Å². The van der Waals surface area contributed by atoms with E-state index < -0.39 is 0 Å². The summed E-state index contributed by atoms with van der Waals surface area (Å²) >= 11 is 3.40. The summed E-state index contributed by atoms with van der Waals surface area (Å²) in [5, 5.41) is 8.56. The number of nitrogens with one attached hydrogen (secondary N) is 1. The van der Waals surface area contributed by atoms with Crippen LogP contribution in [0.25, 0.3) is 0 Å². The number of hydrogen-bond acceptors (Lipinski definition) is 5. The second kappa shape index (κ2) is 7.06. The van der Waals surface area contributed by atoms with Crippen molar-refractivity contribution in [3.63, 3.8) is 0 Å². The van der Waals surface area contributed by atoms with E-state index in [-0.39, 0.29) is 0 Å². The molecule has 3 nitrogen and oxygen atoms in total. The van der Waals surface area contributed by atoms with Crippen LogP contribution in [0, 0.1) is 5.92 Å². The maximum Gasteiger partial charge on any atom is 0.134 e. The Bertz CT molecular complexity index is 273. The molecule has 1 aromatic heterocycles. The van der Waals surface area contributed by atoms with Gasteiger partial charge in [0.25, 0.3) is 0 Å². The van der Waals surface area contributed by atoms with Crippen LogP contribution in [0.1, 0.15) is 32.9 Å². The molecule has 0 aromatic carbocycles. The number of rotatable bonds is 7. The Balaban J connectivity index is 2.27. The molecule has 1 heterocycles. The summed E-state index contributed by atoms with van der Waals surface area (Å²) < 4.78 is 3.97. The van der Waals surface area contributed by atoms with Crippen molar-refractivity contribution >= 4 is 28.3 Å². The number of thioether (sulfide) groups is 1. The Morgan fingerprint density at radius 3 is 2.93 bits per heavy atom. The smallest absolute Gasteiger partial charge is 0.134 e. The van der Waals surface area contributed by atoms with Gasteiger partial charge in [0, 0.05) is 23.8 Å². The van der Waals surface area contributed by atoms with Gasteiger partial charge in [-0.3, -0.25) is 0 Å². The summed E-state index contributed by atoms with van der Waals surface area (Å²) in [6.45, 7) is 7.55. The van der Waals surface area contributed by atoms with Crippen LogP contribution in [0.2, 0.25) is 0 Å². The van der Waals surface area contributed by atoms with Crippen molar-refractivity contribution in [2.45, 2.75) is 32.9 Å². The fraction of sp³-hybridized carbons (Fsp3) is 0.800. The third kappa shape index (κ3) is 4.84. The molecule has 0 spiro atoms. The van der Waals surface area contributed by atoms with E-state index in [9.17, 15) is 0 Å². The lowest BCUT2D eigenvalue weighted by molar-refractivity contribution is 0.632. The van der Waals surface area contributed by atoms with E-state index in [0.717, 1.165) is 28.9 Å². The highest BCUT2D eigenvalue weighted by atomic mass is 32.2. The van der Waals surface area contributed by atoms with Crippen molar-refractivity contribution in [3.8, 4) is 0 Å². The Morgan fingerprint density at radius 1 is 1.47 bits per heavy atom. The van der Waals surface area contributed by atoms with Crippen LogP contribution < -0.4 is 5.32 Å². The molecule has 0 fully saturated rings. The zero-order valence-electron chi connectivity index (χ0n) is 9.62.